The Morgan fingerprint density at radius 2 is 1.74 bits per heavy atom. The summed E-state index contributed by atoms with van der Waals surface area (Å²) in [5.41, 5.74) is 2.56. The molecule has 1 aliphatic carbocycles. The zero-order chi connectivity index (χ0) is 21.7. The van der Waals surface area contributed by atoms with Gasteiger partial charge in [-0.1, -0.05) is 30.3 Å². The van der Waals surface area contributed by atoms with Gasteiger partial charge in [-0.25, -0.2) is 13.1 Å². The summed E-state index contributed by atoms with van der Waals surface area (Å²) < 4.78 is 33.0. The Balaban J connectivity index is 1.34. The summed E-state index contributed by atoms with van der Waals surface area (Å²) in [7, 11) is -3.25. The predicted octanol–water partition coefficient (Wildman–Crippen LogP) is 3.57. The van der Waals surface area contributed by atoms with Crippen molar-refractivity contribution in [3.05, 3.63) is 60.4 Å². The third-order valence-electron chi connectivity index (χ3n) is 6.62. The van der Waals surface area contributed by atoms with E-state index in [1.54, 1.807) is 12.4 Å². The van der Waals surface area contributed by atoms with Gasteiger partial charge in [-0.3, -0.25) is 4.98 Å². The van der Waals surface area contributed by atoms with Crippen LogP contribution in [0.15, 0.2) is 54.9 Å². The third-order valence-corrected chi connectivity index (χ3v) is 7.35. The molecule has 2 atom stereocenters. The summed E-state index contributed by atoms with van der Waals surface area (Å²) in [6.07, 6.45) is 10.3. The van der Waals surface area contributed by atoms with Crippen LogP contribution in [0.2, 0.25) is 0 Å². The van der Waals surface area contributed by atoms with Crippen molar-refractivity contribution < 1.29 is 13.2 Å². The maximum atomic E-state index is 11.9. The van der Waals surface area contributed by atoms with Gasteiger partial charge in [-0.15, -0.1) is 0 Å². The van der Waals surface area contributed by atoms with E-state index in [9.17, 15) is 8.42 Å². The summed E-state index contributed by atoms with van der Waals surface area (Å²) in [5, 5.41) is 0. The molecule has 0 spiro atoms. The van der Waals surface area contributed by atoms with E-state index in [-0.39, 0.29) is 18.1 Å². The van der Waals surface area contributed by atoms with Crippen LogP contribution in [-0.4, -0.2) is 51.5 Å². The fraction of sp³-hybridized carbons (Fsp3) is 0.542. The molecule has 1 N–H and O–H groups in total. The highest BCUT2D eigenvalue weighted by atomic mass is 32.2. The van der Waals surface area contributed by atoms with Gasteiger partial charge < -0.3 is 9.64 Å². The van der Waals surface area contributed by atoms with Gasteiger partial charge in [0.25, 0.3) is 0 Å². The molecule has 2 heterocycles. The maximum Gasteiger partial charge on any atom is 0.208 e. The molecular formula is C24H33N3O3S. The Labute approximate surface area is 186 Å². The molecule has 2 aliphatic rings. The standard InChI is InChI=1S/C24H33N3O3S/c1-31(28,29)26-24-13-16-27(22-11-14-25-15-12-22)17-21(24)18-30-23-9-7-20(8-10-23)19-5-3-2-4-6-19/h2-6,11-12,14-15,20-21,23-24,26H,7-10,13,16-18H2,1H3/t20-,21-,23+,24-/m0/s1. The van der Waals surface area contributed by atoms with Gasteiger partial charge in [0.05, 0.1) is 19.0 Å². The van der Waals surface area contributed by atoms with E-state index in [0.717, 1.165) is 50.9 Å². The average Bonchev–Trinajstić information content (AvgIpc) is 2.79. The Morgan fingerprint density at radius 1 is 1.03 bits per heavy atom. The van der Waals surface area contributed by atoms with Crippen LogP contribution in [-0.2, 0) is 14.8 Å². The summed E-state index contributed by atoms with van der Waals surface area (Å²) in [6, 6.07) is 14.7. The van der Waals surface area contributed by atoms with Crippen LogP contribution in [0.1, 0.15) is 43.6 Å². The Morgan fingerprint density at radius 3 is 2.42 bits per heavy atom. The molecular weight excluding hydrogens is 410 g/mol. The summed E-state index contributed by atoms with van der Waals surface area (Å²) in [5.74, 6) is 0.737. The smallest absolute Gasteiger partial charge is 0.208 e. The second kappa shape index (κ2) is 10.1. The van der Waals surface area contributed by atoms with Crippen LogP contribution in [0.4, 0.5) is 5.69 Å². The molecule has 168 valence electrons. The first-order valence-electron chi connectivity index (χ1n) is 11.3. The number of pyridine rings is 1. The number of hydrogen-bond donors (Lipinski definition) is 1. The van der Waals surface area contributed by atoms with Crippen LogP contribution >= 0.6 is 0 Å². The van der Waals surface area contributed by atoms with Crippen molar-refractivity contribution in [2.75, 3.05) is 30.9 Å². The van der Waals surface area contributed by atoms with E-state index in [0.29, 0.717) is 12.5 Å². The Hall–Kier alpha value is -1.96. The lowest BCUT2D eigenvalue weighted by molar-refractivity contribution is -0.00209. The largest absolute Gasteiger partial charge is 0.378 e. The van der Waals surface area contributed by atoms with E-state index in [1.165, 1.54) is 11.8 Å². The molecule has 1 saturated carbocycles. The second-order valence-electron chi connectivity index (χ2n) is 8.91. The van der Waals surface area contributed by atoms with E-state index < -0.39 is 10.0 Å². The van der Waals surface area contributed by atoms with Crippen molar-refractivity contribution in [1.82, 2.24) is 9.71 Å². The van der Waals surface area contributed by atoms with Gasteiger partial charge >= 0.3 is 0 Å². The monoisotopic (exact) mass is 443 g/mol. The highest BCUT2D eigenvalue weighted by Crippen LogP contribution is 2.34. The molecule has 2 aromatic rings. The molecule has 4 rings (SSSR count). The molecule has 0 amide bonds. The van der Waals surface area contributed by atoms with Gasteiger partial charge in [0.15, 0.2) is 0 Å². The van der Waals surface area contributed by atoms with Crippen molar-refractivity contribution in [3.63, 3.8) is 0 Å². The van der Waals surface area contributed by atoms with Gasteiger partial charge in [0.1, 0.15) is 0 Å². The van der Waals surface area contributed by atoms with Gasteiger partial charge in [0, 0.05) is 43.1 Å². The molecule has 7 heteroatoms. The molecule has 1 aromatic heterocycles. The first kappa shape index (κ1) is 22.2. The van der Waals surface area contributed by atoms with Crippen LogP contribution < -0.4 is 9.62 Å². The quantitative estimate of drug-likeness (QED) is 0.708. The molecule has 1 aromatic carbocycles. The lowest BCUT2D eigenvalue weighted by atomic mass is 9.82. The summed E-state index contributed by atoms with van der Waals surface area (Å²) in [4.78, 5) is 6.41. The Kier molecular flexibility index (Phi) is 7.25. The molecule has 0 bridgehead atoms. The maximum absolute atomic E-state index is 11.9. The summed E-state index contributed by atoms with van der Waals surface area (Å²) >= 11 is 0. The topological polar surface area (TPSA) is 71.5 Å². The summed E-state index contributed by atoms with van der Waals surface area (Å²) in [6.45, 7) is 2.17. The molecule has 0 radical (unpaired) electrons. The van der Waals surface area contributed by atoms with Crippen molar-refractivity contribution in [1.29, 1.82) is 0 Å². The number of ether oxygens (including phenoxy) is 1. The van der Waals surface area contributed by atoms with Crippen molar-refractivity contribution in [2.45, 2.75) is 50.2 Å². The van der Waals surface area contributed by atoms with Crippen molar-refractivity contribution >= 4 is 15.7 Å². The molecule has 6 nitrogen and oxygen atoms in total. The van der Waals surface area contributed by atoms with Crippen LogP contribution in [0.25, 0.3) is 0 Å². The first-order chi connectivity index (χ1) is 15.0. The number of anilines is 1. The van der Waals surface area contributed by atoms with Gasteiger partial charge in [-0.2, -0.15) is 0 Å². The van der Waals surface area contributed by atoms with E-state index in [1.807, 2.05) is 12.1 Å². The lowest BCUT2D eigenvalue weighted by Gasteiger charge is -2.40. The fourth-order valence-electron chi connectivity index (χ4n) is 4.97. The number of nitrogens with zero attached hydrogens (tertiary/aromatic N) is 2. The van der Waals surface area contributed by atoms with E-state index >= 15 is 0 Å². The SMILES string of the molecule is CS(=O)(=O)N[C@H]1CCN(c2ccncc2)C[C@H]1CO[C@H]1CC[C@@H](c2ccccc2)CC1. The number of hydrogen-bond acceptors (Lipinski definition) is 5. The van der Waals surface area contributed by atoms with Gasteiger partial charge in [-0.05, 0) is 55.7 Å². The number of nitrogens with one attached hydrogen (secondary N) is 1. The Bertz CT molecular complexity index is 916. The molecule has 31 heavy (non-hydrogen) atoms. The third kappa shape index (κ3) is 6.28. The minimum atomic E-state index is -3.25. The van der Waals surface area contributed by atoms with Crippen LogP contribution in [0, 0.1) is 5.92 Å². The fourth-order valence-corrected chi connectivity index (χ4v) is 5.83. The molecule has 0 unspecified atom stereocenters. The average molecular weight is 444 g/mol. The lowest BCUT2D eigenvalue weighted by Crippen LogP contribution is -2.52. The highest BCUT2D eigenvalue weighted by molar-refractivity contribution is 7.88. The molecule has 1 saturated heterocycles. The highest BCUT2D eigenvalue weighted by Gasteiger charge is 2.33. The van der Waals surface area contributed by atoms with Crippen molar-refractivity contribution in [2.24, 2.45) is 5.92 Å². The zero-order valence-corrected chi connectivity index (χ0v) is 19.0. The van der Waals surface area contributed by atoms with E-state index in [2.05, 4.69) is 44.9 Å². The molecule has 1 aliphatic heterocycles. The van der Waals surface area contributed by atoms with Crippen molar-refractivity contribution in [3.8, 4) is 0 Å². The number of piperidine rings is 1. The minimum absolute atomic E-state index is 0.0891. The number of sulfonamides is 1. The minimum Gasteiger partial charge on any atom is -0.378 e. The van der Waals surface area contributed by atoms with E-state index in [4.69, 9.17) is 4.74 Å². The van der Waals surface area contributed by atoms with Gasteiger partial charge in [0.2, 0.25) is 10.0 Å². The normalized spacial score (nSPS) is 27.2. The first-order valence-corrected chi connectivity index (χ1v) is 13.2. The number of aromatic nitrogens is 1. The van der Waals surface area contributed by atoms with Crippen LogP contribution in [0.3, 0.4) is 0 Å². The second-order valence-corrected chi connectivity index (χ2v) is 10.7. The molecule has 2 fully saturated rings. The number of benzene rings is 1. The zero-order valence-electron chi connectivity index (χ0n) is 18.2. The number of rotatable bonds is 7. The van der Waals surface area contributed by atoms with Crippen LogP contribution in [0.5, 0.6) is 0 Å². The predicted molar refractivity (Wildman–Crippen MR) is 124 cm³/mol.